The highest BCUT2D eigenvalue weighted by Gasteiger charge is 1.98. The number of alkyl carbamates (subject to hydrolysis) is 1. The van der Waals surface area contributed by atoms with E-state index in [1.165, 1.54) is 96.3 Å². The van der Waals surface area contributed by atoms with E-state index in [1.54, 1.807) is 0 Å². The van der Waals surface area contributed by atoms with E-state index in [0.29, 0.717) is 13.2 Å². The molecular weight excluding hydrogens is 326 g/mol. The minimum atomic E-state index is -0.287. The van der Waals surface area contributed by atoms with Crippen LogP contribution in [0.15, 0.2) is 0 Å². The molecule has 26 heavy (non-hydrogen) atoms. The molecule has 0 heterocycles. The predicted octanol–water partition coefficient (Wildman–Crippen LogP) is 6.36. The second-order valence-electron chi connectivity index (χ2n) is 7.38. The van der Waals surface area contributed by atoms with Gasteiger partial charge in [0, 0.05) is 13.2 Å². The van der Waals surface area contributed by atoms with Crippen molar-refractivity contribution in [2.75, 3.05) is 19.8 Å². The molecule has 2 N–H and O–H groups in total. The molecule has 156 valence electrons. The highest BCUT2D eigenvalue weighted by atomic mass is 16.5. The Kier molecular flexibility index (Phi) is 21.6. The van der Waals surface area contributed by atoms with Gasteiger partial charge in [0.05, 0.1) is 6.61 Å². The van der Waals surface area contributed by atoms with Gasteiger partial charge in [-0.1, -0.05) is 96.3 Å². The lowest BCUT2D eigenvalue weighted by Gasteiger charge is -2.05. The molecule has 1 amide bonds. The number of rotatable bonds is 20. The summed E-state index contributed by atoms with van der Waals surface area (Å²) in [6, 6.07) is 0. The first kappa shape index (κ1) is 25.2. The van der Waals surface area contributed by atoms with Crippen LogP contribution in [0.25, 0.3) is 0 Å². The van der Waals surface area contributed by atoms with Gasteiger partial charge in [-0.3, -0.25) is 0 Å². The van der Waals surface area contributed by atoms with E-state index in [4.69, 9.17) is 9.84 Å². The zero-order valence-electron chi connectivity index (χ0n) is 17.4. The Morgan fingerprint density at radius 1 is 0.654 bits per heavy atom. The molecule has 0 atom stereocenters. The molecule has 0 aliphatic rings. The zero-order valence-corrected chi connectivity index (χ0v) is 17.4. The Hall–Kier alpha value is -0.770. The van der Waals surface area contributed by atoms with Gasteiger partial charge >= 0.3 is 6.09 Å². The van der Waals surface area contributed by atoms with E-state index in [1.807, 2.05) is 6.92 Å². The van der Waals surface area contributed by atoms with E-state index in [9.17, 15) is 4.79 Å². The monoisotopic (exact) mass is 371 g/mol. The van der Waals surface area contributed by atoms with Gasteiger partial charge in [0.15, 0.2) is 0 Å². The van der Waals surface area contributed by atoms with Crippen LogP contribution in [0.3, 0.4) is 0 Å². The van der Waals surface area contributed by atoms with Crippen molar-refractivity contribution < 1.29 is 14.6 Å². The van der Waals surface area contributed by atoms with Crippen LogP contribution in [-0.2, 0) is 4.74 Å². The maximum absolute atomic E-state index is 11.1. The first-order valence-corrected chi connectivity index (χ1v) is 11.3. The van der Waals surface area contributed by atoms with Crippen LogP contribution >= 0.6 is 0 Å². The Bertz CT molecular complexity index is 285. The second kappa shape index (κ2) is 22.3. The van der Waals surface area contributed by atoms with Crippen molar-refractivity contribution >= 4 is 6.09 Å². The lowest BCUT2D eigenvalue weighted by Crippen LogP contribution is -2.25. The van der Waals surface area contributed by atoms with E-state index < -0.39 is 0 Å². The fourth-order valence-corrected chi connectivity index (χ4v) is 3.26. The Morgan fingerprint density at radius 2 is 1.00 bits per heavy atom. The normalized spacial score (nSPS) is 10.8. The highest BCUT2D eigenvalue weighted by Crippen LogP contribution is 2.13. The lowest BCUT2D eigenvalue weighted by molar-refractivity contribution is 0.152. The maximum Gasteiger partial charge on any atom is 0.407 e. The molecule has 0 radical (unpaired) electrons. The number of unbranched alkanes of at least 4 members (excludes halogenated alkanes) is 16. The van der Waals surface area contributed by atoms with Crippen LogP contribution in [0.5, 0.6) is 0 Å². The minimum Gasteiger partial charge on any atom is -0.450 e. The number of hydrogen-bond acceptors (Lipinski definition) is 3. The number of amides is 1. The molecule has 0 unspecified atom stereocenters. The van der Waals surface area contributed by atoms with Crippen molar-refractivity contribution in [1.82, 2.24) is 5.32 Å². The summed E-state index contributed by atoms with van der Waals surface area (Å²) in [5.41, 5.74) is 0. The number of hydrogen-bond donors (Lipinski definition) is 2. The summed E-state index contributed by atoms with van der Waals surface area (Å²) in [7, 11) is 0. The minimum absolute atomic E-state index is 0.287. The molecule has 0 aromatic rings. The fourth-order valence-electron chi connectivity index (χ4n) is 3.26. The average Bonchev–Trinajstić information content (AvgIpc) is 2.64. The van der Waals surface area contributed by atoms with Crippen LogP contribution in [0.4, 0.5) is 4.79 Å². The average molecular weight is 372 g/mol. The summed E-state index contributed by atoms with van der Waals surface area (Å²) in [4.78, 5) is 11.1. The van der Waals surface area contributed by atoms with Gasteiger partial charge in [0.1, 0.15) is 0 Å². The third-order valence-corrected chi connectivity index (χ3v) is 4.88. The molecule has 0 fully saturated rings. The summed E-state index contributed by atoms with van der Waals surface area (Å²) < 4.78 is 4.82. The van der Waals surface area contributed by atoms with Gasteiger partial charge in [-0.05, 0) is 19.8 Å². The number of carbonyl (C=O) groups is 1. The van der Waals surface area contributed by atoms with E-state index in [2.05, 4.69) is 5.32 Å². The Morgan fingerprint density at radius 3 is 1.35 bits per heavy atom. The van der Waals surface area contributed by atoms with Crippen molar-refractivity contribution in [3.63, 3.8) is 0 Å². The van der Waals surface area contributed by atoms with Gasteiger partial charge in [-0.15, -0.1) is 0 Å². The lowest BCUT2D eigenvalue weighted by atomic mass is 10.0. The van der Waals surface area contributed by atoms with Gasteiger partial charge in [-0.25, -0.2) is 4.79 Å². The summed E-state index contributed by atoms with van der Waals surface area (Å²) >= 11 is 0. The van der Waals surface area contributed by atoms with Crippen molar-refractivity contribution in [2.24, 2.45) is 0 Å². The topological polar surface area (TPSA) is 58.6 Å². The summed E-state index contributed by atoms with van der Waals surface area (Å²) in [6.07, 6.45) is 21.9. The quantitative estimate of drug-likeness (QED) is 0.245. The third-order valence-electron chi connectivity index (χ3n) is 4.88. The molecule has 0 saturated carbocycles. The molecule has 0 aliphatic heterocycles. The maximum atomic E-state index is 11.1. The predicted molar refractivity (Wildman–Crippen MR) is 111 cm³/mol. The van der Waals surface area contributed by atoms with Crippen molar-refractivity contribution in [2.45, 2.75) is 116 Å². The van der Waals surface area contributed by atoms with E-state index >= 15 is 0 Å². The van der Waals surface area contributed by atoms with Crippen LogP contribution in [0.1, 0.15) is 116 Å². The summed E-state index contributed by atoms with van der Waals surface area (Å²) in [6.45, 7) is 3.36. The molecular formula is C22H45NO3. The second-order valence-corrected chi connectivity index (χ2v) is 7.38. The first-order valence-electron chi connectivity index (χ1n) is 11.3. The van der Waals surface area contributed by atoms with E-state index in [0.717, 1.165) is 19.4 Å². The molecule has 4 nitrogen and oxygen atoms in total. The number of ether oxygens (including phenoxy) is 1. The standard InChI is InChI=1S/C22H45NO3/c1-2-26-22(25)23-20-18-16-14-12-10-8-6-4-3-5-7-9-11-13-15-17-19-21-24/h24H,2-21H2,1H3,(H,23,25). The molecule has 0 spiro atoms. The van der Waals surface area contributed by atoms with Crippen LogP contribution in [-0.4, -0.2) is 31.0 Å². The van der Waals surface area contributed by atoms with Gasteiger partial charge < -0.3 is 15.2 Å². The van der Waals surface area contributed by atoms with Crippen molar-refractivity contribution in [3.05, 3.63) is 0 Å². The van der Waals surface area contributed by atoms with Crippen LogP contribution < -0.4 is 5.32 Å². The number of carbonyl (C=O) groups excluding carboxylic acids is 1. The molecule has 0 aromatic carbocycles. The fraction of sp³-hybridized carbons (Fsp3) is 0.955. The van der Waals surface area contributed by atoms with Crippen molar-refractivity contribution in [3.8, 4) is 0 Å². The van der Waals surface area contributed by atoms with Crippen molar-refractivity contribution in [1.29, 1.82) is 0 Å². The molecule has 0 saturated heterocycles. The largest absolute Gasteiger partial charge is 0.450 e. The van der Waals surface area contributed by atoms with Gasteiger partial charge in [-0.2, -0.15) is 0 Å². The molecule has 0 bridgehead atoms. The van der Waals surface area contributed by atoms with E-state index in [-0.39, 0.29) is 6.09 Å². The number of aliphatic hydroxyl groups is 1. The zero-order chi connectivity index (χ0) is 19.1. The first-order chi connectivity index (χ1) is 12.8. The third kappa shape index (κ3) is 21.3. The van der Waals surface area contributed by atoms with Crippen LogP contribution in [0.2, 0.25) is 0 Å². The molecule has 0 rings (SSSR count). The Balaban J connectivity index is 3.02. The number of aliphatic hydroxyl groups excluding tert-OH is 1. The molecule has 0 aliphatic carbocycles. The molecule has 4 heteroatoms. The van der Waals surface area contributed by atoms with Gasteiger partial charge in [0.2, 0.25) is 0 Å². The highest BCUT2D eigenvalue weighted by molar-refractivity contribution is 5.66. The van der Waals surface area contributed by atoms with Gasteiger partial charge in [0.25, 0.3) is 0 Å². The smallest absolute Gasteiger partial charge is 0.407 e. The SMILES string of the molecule is CCOC(=O)NCCCCCCCCCCCCCCCCCCCO. The Labute approximate surface area is 162 Å². The summed E-state index contributed by atoms with van der Waals surface area (Å²) in [5, 5.41) is 11.5. The summed E-state index contributed by atoms with van der Waals surface area (Å²) in [5.74, 6) is 0. The number of nitrogens with one attached hydrogen (secondary N) is 1. The molecule has 0 aromatic heterocycles. The van der Waals surface area contributed by atoms with Crippen LogP contribution in [0, 0.1) is 0 Å².